The van der Waals surface area contributed by atoms with Crippen LogP contribution in [0.3, 0.4) is 0 Å². The number of cyclic esters (lactones) is 1. The van der Waals surface area contributed by atoms with Crippen molar-refractivity contribution >= 4 is 46.0 Å². The molecule has 0 spiro atoms. The van der Waals surface area contributed by atoms with Gasteiger partial charge in [0.25, 0.3) is 11.7 Å². The molecule has 2 fully saturated rings. The van der Waals surface area contributed by atoms with E-state index >= 15 is 4.39 Å². The zero-order valence-corrected chi connectivity index (χ0v) is 21.1. The first kappa shape index (κ1) is 25.2. The lowest BCUT2D eigenvalue weighted by Gasteiger charge is -2.36. The first-order valence-corrected chi connectivity index (χ1v) is 12.4. The van der Waals surface area contributed by atoms with Crippen LogP contribution in [0.5, 0.6) is 0 Å². The first-order chi connectivity index (χ1) is 18.2. The second-order valence-corrected chi connectivity index (χ2v) is 9.47. The number of fused-ring (bicyclic) bond motifs is 1. The summed E-state index contributed by atoms with van der Waals surface area (Å²) in [6, 6.07) is 11.9. The summed E-state index contributed by atoms with van der Waals surface area (Å²) in [5, 5.41) is 3.32. The molecular formula is C27H28FN5O5. The Morgan fingerprint density at radius 3 is 2.55 bits per heavy atom. The number of rotatable bonds is 6. The highest BCUT2D eigenvalue weighted by Crippen LogP contribution is 2.29. The molecule has 2 aromatic carbocycles. The summed E-state index contributed by atoms with van der Waals surface area (Å²) in [6.45, 7) is 4.79. The molecule has 0 bridgehead atoms. The molecule has 5 rings (SSSR count). The number of Topliss-reactive ketones (excluding diaryl/α,β-unsaturated/α-hetero) is 1. The highest BCUT2D eigenvalue weighted by molar-refractivity contribution is 6.45. The second-order valence-electron chi connectivity index (χ2n) is 9.47. The molecule has 1 aromatic heterocycles. The summed E-state index contributed by atoms with van der Waals surface area (Å²) in [7, 11) is 0. The smallest absolute Gasteiger partial charge is 0.414 e. The van der Waals surface area contributed by atoms with Crippen molar-refractivity contribution in [3.8, 4) is 0 Å². The van der Waals surface area contributed by atoms with E-state index in [-0.39, 0.29) is 32.1 Å². The van der Waals surface area contributed by atoms with Crippen molar-refractivity contribution in [3.05, 3.63) is 59.5 Å². The van der Waals surface area contributed by atoms with Crippen molar-refractivity contribution < 1.29 is 28.3 Å². The maximum absolute atomic E-state index is 15.1. The van der Waals surface area contributed by atoms with Crippen LogP contribution < -0.4 is 15.1 Å². The van der Waals surface area contributed by atoms with Crippen LogP contribution in [0, 0.1) is 12.7 Å². The number of aromatic amines is 1. The second kappa shape index (κ2) is 10.2. The molecule has 3 heterocycles. The van der Waals surface area contributed by atoms with Crippen LogP contribution in [-0.2, 0) is 14.3 Å². The van der Waals surface area contributed by atoms with E-state index in [0.29, 0.717) is 41.1 Å². The van der Waals surface area contributed by atoms with Gasteiger partial charge in [-0.05, 0) is 31.2 Å². The molecule has 2 aliphatic heterocycles. The van der Waals surface area contributed by atoms with Crippen molar-refractivity contribution in [2.45, 2.75) is 20.0 Å². The lowest BCUT2D eigenvalue weighted by atomic mass is 10.1. The van der Waals surface area contributed by atoms with E-state index in [9.17, 15) is 19.2 Å². The van der Waals surface area contributed by atoms with Gasteiger partial charge in [-0.1, -0.05) is 18.2 Å². The van der Waals surface area contributed by atoms with Crippen LogP contribution in [0.4, 0.5) is 20.6 Å². The maximum atomic E-state index is 15.1. The number of para-hydroxylation sites is 1. The third-order valence-electron chi connectivity index (χ3n) is 6.92. The van der Waals surface area contributed by atoms with Gasteiger partial charge in [-0.15, -0.1) is 0 Å². The summed E-state index contributed by atoms with van der Waals surface area (Å²) in [4.78, 5) is 57.3. The number of nitrogens with zero attached hydrogens (tertiary/aromatic N) is 3. The van der Waals surface area contributed by atoms with Gasteiger partial charge in [0, 0.05) is 49.7 Å². The van der Waals surface area contributed by atoms with E-state index in [4.69, 9.17) is 4.74 Å². The fraction of sp³-hybridized carbons (Fsp3) is 0.333. The number of carbonyl (C=O) groups excluding carboxylic acids is 4. The molecule has 2 N–H and O–H groups in total. The van der Waals surface area contributed by atoms with Gasteiger partial charge in [0.2, 0.25) is 5.91 Å². The van der Waals surface area contributed by atoms with Gasteiger partial charge >= 0.3 is 6.09 Å². The van der Waals surface area contributed by atoms with Crippen molar-refractivity contribution in [2.75, 3.05) is 49.1 Å². The Hall–Kier alpha value is -4.41. The van der Waals surface area contributed by atoms with Crippen LogP contribution >= 0.6 is 0 Å². The fourth-order valence-corrected chi connectivity index (χ4v) is 4.99. The Morgan fingerprint density at radius 2 is 1.84 bits per heavy atom. The minimum absolute atomic E-state index is 0.184. The molecule has 2 aliphatic rings. The zero-order valence-electron chi connectivity index (χ0n) is 21.1. The fourth-order valence-electron chi connectivity index (χ4n) is 4.99. The number of ketones is 1. The number of nitrogens with one attached hydrogen (secondary N) is 2. The monoisotopic (exact) mass is 521 g/mol. The number of H-pyrrole nitrogens is 1. The van der Waals surface area contributed by atoms with E-state index in [2.05, 4.69) is 10.3 Å². The van der Waals surface area contributed by atoms with Gasteiger partial charge in [-0.25, -0.2) is 9.18 Å². The number of ether oxygens (including phenoxy) is 1. The van der Waals surface area contributed by atoms with Crippen molar-refractivity contribution in [1.29, 1.82) is 0 Å². The summed E-state index contributed by atoms with van der Waals surface area (Å²) in [5.41, 5.74) is 2.54. The lowest BCUT2D eigenvalue weighted by molar-refractivity contribution is -0.126. The van der Waals surface area contributed by atoms with Crippen LogP contribution in [0.25, 0.3) is 10.9 Å². The Morgan fingerprint density at radius 1 is 1.11 bits per heavy atom. The van der Waals surface area contributed by atoms with Crippen LogP contribution in [0.1, 0.15) is 23.0 Å². The zero-order chi connectivity index (χ0) is 27.0. The third kappa shape index (κ3) is 4.79. The van der Waals surface area contributed by atoms with Crippen molar-refractivity contribution in [3.63, 3.8) is 0 Å². The molecule has 3 aromatic rings. The highest BCUT2D eigenvalue weighted by Gasteiger charge is 2.34. The molecule has 0 aliphatic carbocycles. The van der Waals surface area contributed by atoms with E-state index in [1.807, 2.05) is 29.2 Å². The molecular weight excluding hydrogens is 493 g/mol. The molecule has 3 amide bonds. The number of aryl methyl sites for hydroxylation is 1. The van der Waals surface area contributed by atoms with Gasteiger partial charge in [-0.3, -0.25) is 19.3 Å². The molecule has 1 atom stereocenters. The number of piperazine rings is 1. The van der Waals surface area contributed by atoms with Crippen molar-refractivity contribution in [1.82, 2.24) is 15.2 Å². The standard InChI is InChI=1S/C27H28FN5O5/c1-16-24(20-5-3-4-6-22(20)30-16)25(35)26(36)32-11-9-31(10-12-32)23-8-7-18(13-21(23)28)33-15-19(38-27(33)37)14-29-17(2)34/h3-8,13,19,30H,9-12,14-15H2,1-2H3,(H,29,34)/t19-/m0/s1. The number of anilines is 2. The van der Waals surface area contributed by atoms with Gasteiger partial charge in [0.15, 0.2) is 0 Å². The Bertz CT molecular complexity index is 1430. The molecule has 11 heteroatoms. The van der Waals surface area contributed by atoms with Crippen LogP contribution in [-0.4, -0.2) is 78.9 Å². The largest absolute Gasteiger partial charge is 0.442 e. The summed E-state index contributed by atoms with van der Waals surface area (Å²) >= 11 is 0. The SMILES string of the molecule is CC(=O)NC[C@H]1CN(c2ccc(N3CCN(C(=O)C(=O)c4c(C)[nH]c5ccccc45)CC3)c(F)c2)C(=O)O1. The number of benzene rings is 2. The minimum Gasteiger partial charge on any atom is -0.442 e. The molecule has 10 nitrogen and oxygen atoms in total. The topological polar surface area (TPSA) is 115 Å². The van der Waals surface area contributed by atoms with E-state index in [1.165, 1.54) is 22.8 Å². The molecule has 2 saturated heterocycles. The van der Waals surface area contributed by atoms with Crippen molar-refractivity contribution in [2.24, 2.45) is 0 Å². The minimum atomic E-state index is -0.602. The number of carbonyl (C=O) groups is 4. The predicted molar refractivity (Wildman–Crippen MR) is 139 cm³/mol. The molecule has 0 unspecified atom stereocenters. The average molecular weight is 522 g/mol. The Kier molecular flexibility index (Phi) is 6.75. The Balaban J connectivity index is 1.22. The maximum Gasteiger partial charge on any atom is 0.414 e. The molecule has 0 saturated carbocycles. The number of halogens is 1. The summed E-state index contributed by atoms with van der Waals surface area (Å²) in [6.07, 6.45) is -1.12. The van der Waals surface area contributed by atoms with Crippen LogP contribution in [0.15, 0.2) is 42.5 Å². The normalized spacial score (nSPS) is 17.6. The first-order valence-electron chi connectivity index (χ1n) is 12.4. The number of hydrogen-bond acceptors (Lipinski definition) is 6. The Labute approximate surface area is 218 Å². The molecule has 38 heavy (non-hydrogen) atoms. The number of hydrogen-bond donors (Lipinski definition) is 2. The summed E-state index contributed by atoms with van der Waals surface area (Å²) < 4.78 is 20.4. The molecule has 0 radical (unpaired) electrons. The van der Waals surface area contributed by atoms with Gasteiger partial charge in [0.05, 0.1) is 30.0 Å². The van der Waals surface area contributed by atoms with E-state index < -0.39 is 29.7 Å². The van der Waals surface area contributed by atoms with Gasteiger partial charge in [-0.2, -0.15) is 0 Å². The number of aromatic nitrogens is 1. The highest BCUT2D eigenvalue weighted by atomic mass is 19.1. The summed E-state index contributed by atoms with van der Waals surface area (Å²) in [5.74, 6) is -1.87. The lowest BCUT2D eigenvalue weighted by Crippen LogP contribution is -2.51. The van der Waals surface area contributed by atoms with Crippen LogP contribution in [0.2, 0.25) is 0 Å². The van der Waals surface area contributed by atoms with Gasteiger partial charge < -0.3 is 24.8 Å². The molecule has 198 valence electrons. The van der Waals surface area contributed by atoms with E-state index in [1.54, 1.807) is 19.1 Å². The average Bonchev–Trinajstić information content (AvgIpc) is 3.45. The predicted octanol–water partition coefficient (Wildman–Crippen LogP) is 2.61. The third-order valence-corrected chi connectivity index (χ3v) is 6.92. The number of amides is 3. The van der Waals surface area contributed by atoms with Gasteiger partial charge in [0.1, 0.15) is 11.9 Å². The quantitative estimate of drug-likeness (QED) is 0.381. The van der Waals surface area contributed by atoms with E-state index in [0.717, 1.165) is 5.52 Å².